The number of nitrogens with one attached hydrogen (secondary N) is 2. The Labute approximate surface area is 126 Å². The van der Waals surface area contributed by atoms with Crippen molar-refractivity contribution >= 4 is 11.8 Å². The van der Waals surface area contributed by atoms with E-state index in [1.165, 1.54) is 13.5 Å². The second-order valence-corrected chi connectivity index (χ2v) is 6.05. The zero-order valence-corrected chi connectivity index (χ0v) is 12.9. The summed E-state index contributed by atoms with van der Waals surface area (Å²) in [5.74, 6) is 0.861. The van der Waals surface area contributed by atoms with Crippen LogP contribution in [0.1, 0.15) is 32.1 Å². The molecule has 0 spiro atoms. The first-order valence-electron chi connectivity index (χ1n) is 7.96. The predicted molar refractivity (Wildman–Crippen MR) is 79.8 cm³/mol. The average Bonchev–Trinajstić information content (AvgIpc) is 2.99. The van der Waals surface area contributed by atoms with Crippen molar-refractivity contribution in [3.63, 3.8) is 0 Å². The number of piperidine rings is 1. The van der Waals surface area contributed by atoms with Crippen LogP contribution < -0.4 is 10.6 Å². The van der Waals surface area contributed by atoms with Gasteiger partial charge < -0.3 is 20.3 Å². The Morgan fingerprint density at radius 2 is 2.05 bits per heavy atom. The van der Waals surface area contributed by atoms with Crippen molar-refractivity contribution in [1.29, 1.82) is 0 Å². The summed E-state index contributed by atoms with van der Waals surface area (Å²) in [6.45, 7) is 3.75. The van der Waals surface area contributed by atoms with E-state index in [1.54, 1.807) is 0 Å². The highest BCUT2D eigenvalue weighted by Gasteiger charge is 2.24. The van der Waals surface area contributed by atoms with Crippen LogP contribution in [-0.2, 0) is 14.3 Å². The number of nitrogens with zero attached hydrogens (tertiary/aromatic N) is 1. The maximum atomic E-state index is 12.2. The molecule has 2 fully saturated rings. The summed E-state index contributed by atoms with van der Waals surface area (Å²) < 4.78 is 4.80. The molecule has 0 bridgehead atoms. The topological polar surface area (TPSA) is 70.7 Å². The molecule has 2 heterocycles. The standard InChI is InChI=1S/C15H27N3O3/c1-21-11-14(19)17-13-5-8-18(9-6-13)15(20)3-2-12-4-7-16-10-12/h12-13,16H,2-11H2,1H3,(H,17,19). The molecule has 0 saturated carbocycles. The van der Waals surface area contributed by atoms with Crippen LogP contribution in [0.25, 0.3) is 0 Å². The van der Waals surface area contributed by atoms with E-state index in [9.17, 15) is 9.59 Å². The van der Waals surface area contributed by atoms with Gasteiger partial charge in [0.05, 0.1) is 0 Å². The van der Waals surface area contributed by atoms with Crippen LogP contribution in [-0.4, -0.2) is 62.7 Å². The lowest BCUT2D eigenvalue weighted by atomic mass is 10.0. The Balaban J connectivity index is 1.63. The highest BCUT2D eigenvalue weighted by atomic mass is 16.5. The van der Waals surface area contributed by atoms with E-state index < -0.39 is 0 Å². The Morgan fingerprint density at radius 1 is 1.29 bits per heavy atom. The number of hydrogen-bond acceptors (Lipinski definition) is 4. The number of amides is 2. The molecule has 6 heteroatoms. The summed E-state index contributed by atoms with van der Waals surface area (Å²) in [5.41, 5.74) is 0. The summed E-state index contributed by atoms with van der Waals surface area (Å²) in [4.78, 5) is 25.6. The Morgan fingerprint density at radius 3 is 2.67 bits per heavy atom. The molecule has 0 aromatic carbocycles. The molecular formula is C15H27N3O3. The zero-order chi connectivity index (χ0) is 15.1. The first kappa shape index (κ1) is 16.2. The molecule has 2 aliphatic heterocycles. The fourth-order valence-corrected chi connectivity index (χ4v) is 3.12. The van der Waals surface area contributed by atoms with Gasteiger partial charge in [0.15, 0.2) is 0 Å². The Hall–Kier alpha value is -1.14. The quantitative estimate of drug-likeness (QED) is 0.731. The third kappa shape index (κ3) is 5.28. The number of methoxy groups -OCH3 is 1. The van der Waals surface area contributed by atoms with E-state index in [0.717, 1.165) is 45.4 Å². The SMILES string of the molecule is COCC(=O)NC1CCN(C(=O)CCC2CCNC2)CC1. The van der Waals surface area contributed by atoms with Gasteiger partial charge in [0.1, 0.15) is 6.61 Å². The third-order valence-electron chi connectivity index (χ3n) is 4.42. The Kier molecular flexibility index (Phi) is 6.45. The smallest absolute Gasteiger partial charge is 0.246 e. The fourth-order valence-electron chi connectivity index (χ4n) is 3.12. The van der Waals surface area contributed by atoms with Crippen LogP contribution in [0, 0.1) is 5.92 Å². The van der Waals surface area contributed by atoms with Gasteiger partial charge in [0, 0.05) is 32.7 Å². The molecule has 2 N–H and O–H groups in total. The molecule has 1 atom stereocenters. The lowest BCUT2D eigenvalue weighted by Crippen LogP contribution is -2.47. The molecule has 0 aliphatic carbocycles. The maximum absolute atomic E-state index is 12.2. The molecule has 21 heavy (non-hydrogen) atoms. The minimum absolute atomic E-state index is 0.0731. The van der Waals surface area contributed by atoms with Crippen molar-refractivity contribution < 1.29 is 14.3 Å². The Bertz CT molecular complexity index is 348. The summed E-state index contributed by atoms with van der Waals surface area (Å²) in [6, 6.07) is 0.177. The van der Waals surface area contributed by atoms with Crippen molar-refractivity contribution in [1.82, 2.24) is 15.5 Å². The maximum Gasteiger partial charge on any atom is 0.246 e. The average molecular weight is 297 g/mol. The van der Waals surface area contributed by atoms with Crippen molar-refractivity contribution in [2.75, 3.05) is 39.9 Å². The summed E-state index contributed by atoms with van der Waals surface area (Å²) in [5, 5.41) is 6.28. The normalized spacial score (nSPS) is 23.3. The van der Waals surface area contributed by atoms with Gasteiger partial charge in [-0.25, -0.2) is 0 Å². The van der Waals surface area contributed by atoms with E-state index in [-0.39, 0.29) is 24.5 Å². The second-order valence-electron chi connectivity index (χ2n) is 6.05. The molecule has 2 saturated heterocycles. The number of carbonyl (C=O) groups excluding carboxylic acids is 2. The number of ether oxygens (including phenoxy) is 1. The van der Waals surface area contributed by atoms with E-state index in [2.05, 4.69) is 10.6 Å². The first-order chi connectivity index (χ1) is 10.2. The lowest BCUT2D eigenvalue weighted by Gasteiger charge is -2.32. The van der Waals surface area contributed by atoms with E-state index in [1.807, 2.05) is 4.90 Å². The van der Waals surface area contributed by atoms with Crippen molar-refractivity contribution in [3.05, 3.63) is 0 Å². The van der Waals surface area contributed by atoms with Crippen molar-refractivity contribution in [2.45, 2.75) is 38.1 Å². The van der Waals surface area contributed by atoms with Gasteiger partial charge in [0.25, 0.3) is 0 Å². The molecule has 2 rings (SSSR count). The number of likely N-dealkylation sites (tertiary alicyclic amines) is 1. The second kappa shape index (κ2) is 8.34. The third-order valence-corrected chi connectivity index (χ3v) is 4.42. The molecule has 1 unspecified atom stereocenters. The van der Waals surface area contributed by atoms with Crippen molar-refractivity contribution in [2.24, 2.45) is 5.92 Å². The zero-order valence-electron chi connectivity index (χ0n) is 12.9. The van der Waals surface area contributed by atoms with Crippen LogP contribution in [0.4, 0.5) is 0 Å². The van der Waals surface area contributed by atoms with Gasteiger partial charge in [-0.3, -0.25) is 9.59 Å². The van der Waals surface area contributed by atoms with Gasteiger partial charge in [-0.05, 0) is 44.7 Å². The number of hydrogen-bond donors (Lipinski definition) is 2. The van der Waals surface area contributed by atoms with Gasteiger partial charge in [0.2, 0.25) is 11.8 Å². The minimum atomic E-state index is -0.0731. The first-order valence-corrected chi connectivity index (χ1v) is 7.96. The molecule has 6 nitrogen and oxygen atoms in total. The molecular weight excluding hydrogens is 270 g/mol. The van der Waals surface area contributed by atoms with Crippen LogP contribution in [0.15, 0.2) is 0 Å². The molecule has 0 radical (unpaired) electrons. The van der Waals surface area contributed by atoms with Gasteiger partial charge in [-0.15, -0.1) is 0 Å². The van der Waals surface area contributed by atoms with E-state index in [4.69, 9.17) is 4.74 Å². The van der Waals surface area contributed by atoms with Crippen molar-refractivity contribution in [3.8, 4) is 0 Å². The summed E-state index contributed by atoms with van der Waals surface area (Å²) >= 11 is 0. The molecule has 120 valence electrons. The highest BCUT2D eigenvalue weighted by molar-refractivity contribution is 5.78. The van der Waals surface area contributed by atoms with Gasteiger partial charge in [-0.1, -0.05) is 0 Å². The number of carbonyl (C=O) groups is 2. The van der Waals surface area contributed by atoms with E-state index in [0.29, 0.717) is 12.3 Å². The number of rotatable bonds is 6. The summed E-state index contributed by atoms with van der Waals surface area (Å²) in [7, 11) is 1.51. The van der Waals surface area contributed by atoms with E-state index >= 15 is 0 Å². The largest absolute Gasteiger partial charge is 0.375 e. The van der Waals surface area contributed by atoms with Gasteiger partial charge >= 0.3 is 0 Å². The highest BCUT2D eigenvalue weighted by Crippen LogP contribution is 2.17. The van der Waals surface area contributed by atoms with Crippen LogP contribution >= 0.6 is 0 Å². The predicted octanol–water partition coefficient (Wildman–Crippen LogP) is 0.130. The minimum Gasteiger partial charge on any atom is -0.375 e. The fraction of sp³-hybridized carbons (Fsp3) is 0.867. The van der Waals surface area contributed by atoms with Crippen LogP contribution in [0.2, 0.25) is 0 Å². The summed E-state index contributed by atoms with van der Waals surface area (Å²) in [6.07, 6.45) is 4.53. The van der Waals surface area contributed by atoms with Gasteiger partial charge in [-0.2, -0.15) is 0 Å². The molecule has 0 aromatic heterocycles. The molecule has 2 amide bonds. The van der Waals surface area contributed by atoms with Crippen LogP contribution in [0.3, 0.4) is 0 Å². The van der Waals surface area contributed by atoms with Crippen LogP contribution in [0.5, 0.6) is 0 Å². The monoisotopic (exact) mass is 297 g/mol. The molecule has 0 aromatic rings. The molecule has 2 aliphatic rings. The lowest BCUT2D eigenvalue weighted by molar-refractivity contribution is -0.132.